The van der Waals surface area contributed by atoms with E-state index in [1.165, 1.54) is 48.5 Å². The summed E-state index contributed by atoms with van der Waals surface area (Å²) in [5.41, 5.74) is -0.156. The summed E-state index contributed by atoms with van der Waals surface area (Å²) in [6.45, 7) is 0. The molecule has 0 saturated carbocycles. The molecule has 4 amide bonds. The molecule has 0 fully saturated rings. The number of benzene rings is 3. The fourth-order valence-corrected chi connectivity index (χ4v) is 4.28. The van der Waals surface area contributed by atoms with Gasteiger partial charge in [-0.3, -0.25) is 19.2 Å². The Balaban J connectivity index is 1.46. The second kappa shape index (κ2) is 9.73. The predicted molar refractivity (Wildman–Crippen MR) is 137 cm³/mol. The smallest absolute Gasteiger partial charge is 0.283 e. The molecule has 0 aliphatic carbocycles. The molecular weight excluding hydrogens is 541 g/mol. The van der Waals surface area contributed by atoms with Gasteiger partial charge in [0.15, 0.2) is 0 Å². The summed E-state index contributed by atoms with van der Waals surface area (Å²) in [5, 5.41) is 4.53. The van der Waals surface area contributed by atoms with Gasteiger partial charge in [0.1, 0.15) is 33.1 Å². The topological polar surface area (TPSA) is 98.8 Å². The zero-order valence-corrected chi connectivity index (χ0v) is 20.5. The Kier molecular flexibility index (Phi) is 6.43. The average Bonchev–Trinajstić information content (AvgIpc) is 3.24. The Bertz CT molecular complexity index is 1470. The van der Waals surface area contributed by atoms with E-state index in [1.54, 1.807) is 0 Å². The number of carbonyl (C=O) groups excluding carboxylic acids is 4. The van der Waals surface area contributed by atoms with Gasteiger partial charge in [-0.2, -0.15) is 0 Å². The van der Waals surface area contributed by atoms with Gasteiger partial charge in [-0.25, -0.2) is 18.6 Å². The van der Waals surface area contributed by atoms with E-state index in [2.05, 4.69) is 10.6 Å². The summed E-state index contributed by atoms with van der Waals surface area (Å²) in [6, 6.07) is 15.7. The van der Waals surface area contributed by atoms with Crippen LogP contribution in [0.15, 0.2) is 94.3 Å². The first-order chi connectivity index (χ1) is 18.2. The molecule has 8 nitrogen and oxygen atoms in total. The summed E-state index contributed by atoms with van der Waals surface area (Å²) in [4.78, 5) is 54.1. The third-order valence-corrected chi connectivity index (χ3v) is 6.35. The van der Waals surface area contributed by atoms with E-state index in [9.17, 15) is 28.0 Å². The van der Waals surface area contributed by atoms with Gasteiger partial charge in [0.25, 0.3) is 23.6 Å². The molecule has 38 heavy (non-hydrogen) atoms. The van der Waals surface area contributed by atoms with Gasteiger partial charge in [0.2, 0.25) is 0 Å². The number of amides is 4. The molecule has 0 bridgehead atoms. The number of anilines is 4. The van der Waals surface area contributed by atoms with Gasteiger partial charge < -0.3 is 10.6 Å². The summed E-state index contributed by atoms with van der Waals surface area (Å²) in [5.74, 6) is -4.53. The van der Waals surface area contributed by atoms with Crippen LogP contribution < -0.4 is 20.4 Å². The highest BCUT2D eigenvalue weighted by atomic mass is 35.5. The number of carbonyl (C=O) groups is 4. The summed E-state index contributed by atoms with van der Waals surface area (Å²) in [6.07, 6.45) is 0. The van der Waals surface area contributed by atoms with Gasteiger partial charge in [-0.05, 0) is 60.7 Å². The molecule has 190 valence electrons. The van der Waals surface area contributed by atoms with Crippen molar-refractivity contribution in [2.45, 2.75) is 0 Å². The van der Waals surface area contributed by atoms with Crippen LogP contribution in [-0.4, -0.2) is 23.6 Å². The van der Waals surface area contributed by atoms with Gasteiger partial charge >= 0.3 is 0 Å². The molecule has 0 unspecified atom stereocenters. The lowest BCUT2D eigenvalue weighted by Gasteiger charge is -2.23. The average molecular weight is 555 g/mol. The van der Waals surface area contributed by atoms with Crippen molar-refractivity contribution in [2.24, 2.45) is 0 Å². The molecule has 0 aromatic heterocycles. The fourth-order valence-electron chi connectivity index (χ4n) is 3.86. The van der Waals surface area contributed by atoms with Crippen LogP contribution in [0.3, 0.4) is 0 Å². The summed E-state index contributed by atoms with van der Waals surface area (Å²) in [7, 11) is 0. The van der Waals surface area contributed by atoms with Crippen LogP contribution in [0.2, 0.25) is 0 Å². The van der Waals surface area contributed by atoms with E-state index >= 15 is 0 Å². The van der Waals surface area contributed by atoms with Crippen LogP contribution in [0.1, 0.15) is 0 Å². The quantitative estimate of drug-likeness (QED) is 0.423. The molecule has 0 atom stereocenters. The zero-order valence-electron chi connectivity index (χ0n) is 19.0. The third-order valence-electron chi connectivity index (χ3n) is 5.65. The summed E-state index contributed by atoms with van der Waals surface area (Å²) < 4.78 is 26.5. The van der Waals surface area contributed by atoms with Crippen molar-refractivity contribution in [2.75, 3.05) is 20.4 Å². The van der Waals surface area contributed by atoms with Crippen molar-refractivity contribution in [1.29, 1.82) is 0 Å². The number of hydrogen-bond acceptors (Lipinski definition) is 6. The monoisotopic (exact) mass is 554 g/mol. The van der Waals surface area contributed by atoms with Crippen LogP contribution in [0.5, 0.6) is 0 Å². The van der Waals surface area contributed by atoms with Crippen molar-refractivity contribution >= 4 is 69.6 Å². The number of halogens is 4. The van der Waals surface area contributed by atoms with Crippen molar-refractivity contribution in [1.82, 2.24) is 0 Å². The van der Waals surface area contributed by atoms with Gasteiger partial charge in [0.05, 0.1) is 11.4 Å². The highest BCUT2D eigenvalue weighted by molar-refractivity contribution is 6.55. The number of rotatable bonds is 6. The predicted octanol–water partition coefficient (Wildman–Crippen LogP) is 4.84. The van der Waals surface area contributed by atoms with E-state index in [4.69, 9.17) is 23.2 Å². The molecule has 2 aliphatic heterocycles. The number of nitrogens with zero attached hydrogens (tertiary/aromatic N) is 2. The molecule has 12 heteroatoms. The first-order valence-electron chi connectivity index (χ1n) is 10.9. The van der Waals surface area contributed by atoms with Crippen LogP contribution in [0, 0.1) is 11.6 Å². The second-order valence-corrected chi connectivity index (χ2v) is 8.78. The Morgan fingerprint density at radius 3 is 1.21 bits per heavy atom. The first-order valence-corrected chi connectivity index (χ1v) is 11.6. The standard InChI is InChI=1S/C26H14Cl2F2N4O4/c27-19-21(31-15-9-5-13(29)6-10-15)25(37)33(23(19)35)17-3-1-2-4-18(17)34-24(36)20(28)22(26(34)38)32-16-11-7-14(30)8-12-16/h1-12,31-32H. The molecule has 2 aliphatic rings. The largest absolute Gasteiger partial charge is 0.350 e. The van der Waals surface area contributed by atoms with Gasteiger partial charge in [0, 0.05) is 11.4 Å². The number of para-hydroxylation sites is 2. The third kappa shape index (κ3) is 4.29. The SMILES string of the molecule is O=C1C(Cl)=C(Nc2ccc(F)cc2)C(=O)N1c1ccccc1N1C(=O)C(Cl)=C(Nc2ccc(F)cc2)C1=O. The first kappa shape index (κ1) is 25.1. The number of nitrogens with one attached hydrogen (secondary N) is 2. The molecular formula is C26H14Cl2F2N4O4. The Labute approximate surface area is 223 Å². The molecule has 0 spiro atoms. The number of hydrogen-bond donors (Lipinski definition) is 2. The molecule has 2 N–H and O–H groups in total. The van der Waals surface area contributed by atoms with E-state index in [1.807, 2.05) is 0 Å². The van der Waals surface area contributed by atoms with E-state index < -0.39 is 45.3 Å². The van der Waals surface area contributed by atoms with E-state index in [0.717, 1.165) is 24.3 Å². The minimum Gasteiger partial charge on any atom is -0.350 e. The molecule has 3 aromatic carbocycles. The normalized spacial score (nSPS) is 15.8. The zero-order chi connectivity index (χ0) is 27.1. The Hall–Kier alpha value is -4.54. The van der Waals surface area contributed by atoms with Crippen LogP contribution in [-0.2, 0) is 19.2 Å². The Morgan fingerprint density at radius 1 is 0.526 bits per heavy atom. The number of imide groups is 2. The van der Waals surface area contributed by atoms with Gasteiger partial charge in [-0.15, -0.1) is 0 Å². The Morgan fingerprint density at radius 2 is 0.868 bits per heavy atom. The molecule has 3 aromatic rings. The second-order valence-electron chi connectivity index (χ2n) is 8.02. The highest BCUT2D eigenvalue weighted by Crippen LogP contribution is 2.39. The van der Waals surface area contributed by atoms with Crippen molar-refractivity contribution in [3.8, 4) is 0 Å². The minimum atomic E-state index is -0.906. The van der Waals surface area contributed by atoms with Crippen LogP contribution in [0.25, 0.3) is 0 Å². The van der Waals surface area contributed by atoms with Crippen molar-refractivity contribution < 1.29 is 28.0 Å². The van der Waals surface area contributed by atoms with Crippen LogP contribution in [0.4, 0.5) is 31.5 Å². The fraction of sp³-hybridized carbons (Fsp3) is 0. The highest BCUT2D eigenvalue weighted by Gasteiger charge is 2.44. The van der Waals surface area contributed by atoms with Crippen LogP contribution >= 0.6 is 23.2 Å². The summed E-state index contributed by atoms with van der Waals surface area (Å²) >= 11 is 12.4. The minimum absolute atomic E-state index is 0.106. The molecule has 0 saturated heterocycles. The van der Waals surface area contributed by atoms with E-state index in [0.29, 0.717) is 21.2 Å². The molecule has 0 radical (unpaired) electrons. The lowest BCUT2D eigenvalue weighted by molar-refractivity contribution is -0.122. The lowest BCUT2D eigenvalue weighted by atomic mass is 10.2. The molecule has 2 heterocycles. The maximum Gasteiger partial charge on any atom is 0.283 e. The van der Waals surface area contributed by atoms with Crippen molar-refractivity contribution in [3.63, 3.8) is 0 Å². The van der Waals surface area contributed by atoms with E-state index in [-0.39, 0.29) is 22.8 Å². The molecule has 5 rings (SSSR count). The van der Waals surface area contributed by atoms with Crippen molar-refractivity contribution in [3.05, 3.63) is 106 Å². The van der Waals surface area contributed by atoms with Gasteiger partial charge in [-0.1, -0.05) is 35.3 Å². The maximum atomic E-state index is 13.3. The maximum absolute atomic E-state index is 13.3. The lowest BCUT2D eigenvalue weighted by Crippen LogP contribution is -2.37.